The molecule has 124 valence electrons. The molecule has 0 bridgehead atoms. The lowest BCUT2D eigenvalue weighted by molar-refractivity contribution is -0.116. The normalized spacial score (nSPS) is 12.4. The Bertz CT molecular complexity index is 738. The third kappa shape index (κ3) is 4.07. The van der Waals surface area contributed by atoms with E-state index in [1.165, 1.54) is 6.08 Å². The van der Waals surface area contributed by atoms with Crippen LogP contribution in [-0.2, 0) is 11.3 Å². The van der Waals surface area contributed by atoms with E-state index in [1.54, 1.807) is 6.08 Å². The van der Waals surface area contributed by atoms with Crippen molar-refractivity contribution in [1.82, 2.24) is 5.32 Å². The number of fused-ring (bicyclic) bond motifs is 1. The van der Waals surface area contributed by atoms with Crippen molar-refractivity contribution in [1.29, 1.82) is 0 Å². The minimum atomic E-state index is -0.151. The smallest absolute Gasteiger partial charge is 0.244 e. The first-order chi connectivity index (χ1) is 11.7. The highest BCUT2D eigenvalue weighted by molar-refractivity contribution is 5.91. The molecule has 2 aromatic rings. The number of hydrogen-bond donors (Lipinski definition) is 1. The van der Waals surface area contributed by atoms with Crippen molar-refractivity contribution >= 4 is 12.0 Å². The zero-order valence-corrected chi connectivity index (χ0v) is 13.5. The summed E-state index contributed by atoms with van der Waals surface area (Å²) in [6.45, 7) is 3.26. The summed E-state index contributed by atoms with van der Waals surface area (Å²) in [7, 11) is 0. The van der Waals surface area contributed by atoms with Crippen LogP contribution in [0.3, 0.4) is 0 Å². The topological polar surface area (TPSA) is 56.8 Å². The number of ether oxygens (including phenoxy) is 3. The number of hydrogen-bond acceptors (Lipinski definition) is 4. The second-order valence-corrected chi connectivity index (χ2v) is 5.24. The molecule has 1 amide bonds. The first-order valence-electron chi connectivity index (χ1n) is 7.82. The van der Waals surface area contributed by atoms with Crippen LogP contribution in [0.25, 0.3) is 6.08 Å². The molecule has 1 aliphatic heterocycles. The van der Waals surface area contributed by atoms with E-state index in [9.17, 15) is 4.79 Å². The van der Waals surface area contributed by atoms with E-state index in [0.29, 0.717) is 18.9 Å². The summed E-state index contributed by atoms with van der Waals surface area (Å²) in [6, 6.07) is 13.2. The van der Waals surface area contributed by atoms with Gasteiger partial charge in [-0.1, -0.05) is 18.2 Å². The van der Waals surface area contributed by atoms with Crippen molar-refractivity contribution in [3.05, 3.63) is 59.7 Å². The van der Waals surface area contributed by atoms with Crippen LogP contribution in [0.4, 0.5) is 0 Å². The third-order valence-corrected chi connectivity index (χ3v) is 3.52. The summed E-state index contributed by atoms with van der Waals surface area (Å²) < 4.78 is 16.0. The molecule has 0 radical (unpaired) electrons. The second kappa shape index (κ2) is 7.55. The van der Waals surface area contributed by atoms with Gasteiger partial charge in [0.2, 0.25) is 12.7 Å². The number of carbonyl (C=O) groups excluding carboxylic acids is 1. The maximum absolute atomic E-state index is 11.9. The number of amides is 1. The Hall–Kier alpha value is -2.95. The maximum atomic E-state index is 11.9. The van der Waals surface area contributed by atoms with Crippen LogP contribution >= 0.6 is 0 Å². The molecule has 24 heavy (non-hydrogen) atoms. The standard InChI is InChI=1S/C19H19NO4/c1-2-22-16-7-3-14(4-8-16)6-10-19(21)20-12-15-5-9-17-18(11-15)24-13-23-17/h3-11H,2,12-13H2,1H3,(H,20,21)/b10-6+. The molecular formula is C19H19NO4. The van der Waals surface area contributed by atoms with Crippen LogP contribution in [0.2, 0.25) is 0 Å². The van der Waals surface area contributed by atoms with Crippen LogP contribution in [0.1, 0.15) is 18.1 Å². The lowest BCUT2D eigenvalue weighted by atomic mass is 10.2. The molecule has 5 nitrogen and oxygen atoms in total. The van der Waals surface area contributed by atoms with Gasteiger partial charge < -0.3 is 19.5 Å². The van der Waals surface area contributed by atoms with Gasteiger partial charge in [-0.15, -0.1) is 0 Å². The van der Waals surface area contributed by atoms with E-state index in [1.807, 2.05) is 49.4 Å². The minimum absolute atomic E-state index is 0.151. The predicted molar refractivity (Wildman–Crippen MR) is 91.1 cm³/mol. The second-order valence-electron chi connectivity index (χ2n) is 5.24. The minimum Gasteiger partial charge on any atom is -0.494 e. The molecule has 0 spiro atoms. The highest BCUT2D eigenvalue weighted by Crippen LogP contribution is 2.32. The fourth-order valence-electron chi connectivity index (χ4n) is 2.31. The Morgan fingerprint density at radius 1 is 1.17 bits per heavy atom. The maximum Gasteiger partial charge on any atom is 0.244 e. The van der Waals surface area contributed by atoms with E-state index < -0.39 is 0 Å². The van der Waals surface area contributed by atoms with Crippen molar-refractivity contribution in [3.8, 4) is 17.2 Å². The Morgan fingerprint density at radius 2 is 1.96 bits per heavy atom. The zero-order chi connectivity index (χ0) is 16.8. The van der Waals surface area contributed by atoms with Crippen LogP contribution < -0.4 is 19.5 Å². The van der Waals surface area contributed by atoms with Gasteiger partial charge in [0.15, 0.2) is 11.5 Å². The fraction of sp³-hybridized carbons (Fsp3) is 0.211. The molecule has 5 heteroatoms. The first kappa shape index (κ1) is 15.9. The van der Waals surface area contributed by atoms with Gasteiger partial charge >= 0.3 is 0 Å². The van der Waals surface area contributed by atoms with E-state index in [0.717, 1.165) is 22.6 Å². The number of rotatable bonds is 6. The largest absolute Gasteiger partial charge is 0.494 e. The van der Waals surface area contributed by atoms with Gasteiger partial charge in [-0.25, -0.2) is 0 Å². The predicted octanol–water partition coefficient (Wildman–Crippen LogP) is 3.14. The summed E-state index contributed by atoms with van der Waals surface area (Å²) in [5, 5.41) is 2.85. The molecule has 0 saturated carbocycles. The van der Waals surface area contributed by atoms with E-state index in [4.69, 9.17) is 14.2 Å². The molecule has 1 aliphatic rings. The van der Waals surface area contributed by atoms with Crippen LogP contribution in [0.15, 0.2) is 48.5 Å². The van der Waals surface area contributed by atoms with Gasteiger partial charge in [0.05, 0.1) is 6.61 Å². The highest BCUT2D eigenvalue weighted by Gasteiger charge is 2.13. The van der Waals surface area contributed by atoms with Gasteiger partial charge in [0.1, 0.15) is 5.75 Å². The highest BCUT2D eigenvalue weighted by atomic mass is 16.7. The molecule has 0 saturated heterocycles. The summed E-state index contributed by atoms with van der Waals surface area (Å²) >= 11 is 0. The number of carbonyl (C=O) groups is 1. The Kier molecular flexibility index (Phi) is 5.01. The summed E-state index contributed by atoms with van der Waals surface area (Å²) in [5.41, 5.74) is 1.90. The molecule has 1 N–H and O–H groups in total. The van der Waals surface area contributed by atoms with E-state index >= 15 is 0 Å². The van der Waals surface area contributed by atoms with Crippen molar-refractivity contribution in [3.63, 3.8) is 0 Å². The van der Waals surface area contributed by atoms with Crippen LogP contribution in [0.5, 0.6) is 17.2 Å². The third-order valence-electron chi connectivity index (χ3n) is 3.52. The van der Waals surface area contributed by atoms with Gasteiger partial charge in [-0.05, 0) is 48.4 Å². The molecule has 3 rings (SSSR count). The van der Waals surface area contributed by atoms with Crippen molar-refractivity contribution in [2.45, 2.75) is 13.5 Å². The first-order valence-corrected chi connectivity index (χ1v) is 7.82. The molecule has 0 fully saturated rings. The van der Waals surface area contributed by atoms with E-state index in [2.05, 4.69) is 5.32 Å². The monoisotopic (exact) mass is 325 g/mol. The molecular weight excluding hydrogens is 306 g/mol. The quantitative estimate of drug-likeness (QED) is 0.829. The molecule has 0 atom stereocenters. The van der Waals surface area contributed by atoms with Crippen LogP contribution in [0, 0.1) is 0 Å². The fourth-order valence-corrected chi connectivity index (χ4v) is 2.31. The Balaban J connectivity index is 1.51. The lowest BCUT2D eigenvalue weighted by Crippen LogP contribution is -2.20. The van der Waals surface area contributed by atoms with Crippen molar-refractivity contribution in [2.75, 3.05) is 13.4 Å². The van der Waals surface area contributed by atoms with Gasteiger partial charge in [-0.2, -0.15) is 0 Å². The van der Waals surface area contributed by atoms with Gasteiger partial charge in [0.25, 0.3) is 0 Å². The summed E-state index contributed by atoms with van der Waals surface area (Å²) in [5.74, 6) is 2.12. The Labute approximate surface area is 140 Å². The average Bonchev–Trinajstić information content (AvgIpc) is 3.07. The van der Waals surface area contributed by atoms with Crippen molar-refractivity contribution < 1.29 is 19.0 Å². The number of nitrogens with one attached hydrogen (secondary N) is 1. The molecule has 0 aromatic heterocycles. The zero-order valence-electron chi connectivity index (χ0n) is 13.5. The van der Waals surface area contributed by atoms with Gasteiger partial charge in [-0.3, -0.25) is 4.79 Å². The molecule has 1 heterocycles. The van der Waals surface area contributed by atoms with Crippen molar-refractivity contribution in [2.24, 2.45) is 0 Å². The molecule has 0 unspecified atom stereocenters. The summed E-state index contributed by atoms with van der Waals surface area (Å²) in [6.07, 6.45) is 3.29. The summed E-state index contributed by atoms with van der Waals surface area (Å²) in [4.78, 5) is 11.9. The Morgan fingerprint density at radius 3 is 2.75 bits per heavy atom. The van der Waals surface area contributed by atoms with Crippen LogP contribution in [-0.4, -0.2) is 19.3 Å². The molecule has 0 aliphatic carbocycles. The van der Waals surface area contributed by atoms with E-state index in [-0.39, 0.29) is 12.7 Å². The average molecular weight is 325 g/mol. The van der Waals surface area contributed by atoms with Gasteiger partial charge in [0, 0.05) is 12.6 Å². The molecule has 2 aromatic carbocycles. The SMILES string of the molecule is CCOc1ccc(/C=C/C(=O)NCc2ccc3c(c2)OCO3)cc1. The number of benzene rings is 2. The lowest BCUT2D eigenvalue weighted by Gasteiger charge is -2.04.